The molecule has 3 nitrogen and oxygen atoms in total. The van der Waals surface area contributed by atoms with Gasteiger partial charge in [-0.25, -0.2) is 0 Å². The minimum absolute atomic E-state index is 0.558. The molecule has 0 aromatic carbocycles. The van der Waals surface area contributed by atoms with Gasteiger partial charge in [0.25, 0.3) is 0 Å². The van der Waals surface area contributed by atoms with E-state index in [4.69, 9.17) is 12.2 Å². The van der Waals surface area contributed by atoms with Crippen LogP contribution in [0.25, 0.3) is 0 Å². The molecule has 1 rings (SSSR count). The fourth-order valence-corrected chi connectivity index (χ4v) is 1.96. The molecular formula is C10H19N3S. The van der Waals surface area contributed by atoms with E-state index in [2.05, 4.69) is 24.0 Å². The number of rotatable bonds is 5. The van der Waals surface area contributed by atoms with Gasteiger partial charge in [0.05, 0.1) is 0 Å². The molecule has 0 aliphatic rings. The minimum atomic E-state index is 0.558. The number of nitrogens with zero attached hydrogens (tertiary/aromatic N) is 2. The molecule has 0 spiro atoms. The Labute approximate surface area is 90.5 Å². The molecule has 0 radical (unpaired) electrons. The quantitative estimate of drug-likeness (QED) is 0.762. The van der Waals surface area contributed by atoms with Crippen LogP contribution < -0.4 is 0 Å². The molecule has 0 saturated heterocycles. The zero-order valence-electron chi connectivity index (χ0n) is 9.21. The Balaban J connectivity index is 2.86. The van der Waals surface area contributed by atoms with Crippen LogP contribution >= 0.6 is 12.2 Å². The van der Waals surface area contributed by atoms with E-state index in [1.807, 2.05) is 11.6 Å². The summed E-state index contributed by atoms with van der Waals surface area (Å²) in [6, 6.07) is 0. The fraction of sp³-hybridized carbons (Fsp3) is 0.800. The molecule has 80 valence electrons. The van der Waals surface area contributed by atoms with E-state index in [1.54, 1.807) is 0 Å². The Morgan fingerprint density at radius 1 is 1.36 bits per heavy atom. The molecule has 0 atom stereocenters. The third-order valence-corrected chi connectivity index (χ3v) is 2.92. The molecule has 0 amide bonds. The molecule has 14 heavy (non-hydrogen) atoms. The van der Waals surface area contributed by atoms with Crippen LogP contribution in [0.5, 0.6) is 0 Å². The first kappa shape index (κ1) is 11.4. The summed E-state index contributed by atoms with van der Waals surface area (Å²) in [5.41, 5.74) is 0. The third kappa shape index (κ3) is 2.44. The first-order chi connectivity index (χ1) is 6.70. The number of aromatic nitrogens is 3. The van der Waals surface area contributed by atoms with Crippen molar-refractivity contribution in [3.63, 3.8) is 0 Å². The van der Waals surface area contributed by atoms with Gasteiger partial charge < -0.3 is 4.57 Å². The average Bonchev–Trinajstić information content (AvgIpc) is 2.48. The van der Waals surface area contributed by atoms with Crippen LogP contribution in [0.2, 0.25) is 0 Å². The van der Waals surface area contributed by atoms with E-state index < -0.39 is 0 Å². The van der Waals surface area contributed by atoms with Crippen LogP contribution in [-0.2, 0) is 7.05 Å². The Bertz CT molecular complexity index is 320. The highest BCUT2D eigenvalue weighted by molar-refractivity contribution is 7.71. The summed E-state index contributed by atoms with van der Waals surface area (Å²) in [6.07, 6.45) is 4.79. The van der Waals surface area contributed by atoms with Crippen molar-refractivity contribution in [3.05, 3.63) is 10.6 Å². The maximum absolute atomic E-state index is 5.11. The van der Waals surface area contributed by atoms with Crippen molar-refractivity contribution in [3.8, 4) is 0 Å². The van der Waals surface area contributed by atoms with Gasteiger partial charge in [-0.2, -0.15) is 5.10 Å². The Hall–Kier alpha value is -0.640. The highest BCUT2D eigenvalue weighted by Gasteiger charge is 2.15. The van der Waals surface area contributed by atoms with Crippen molar-refractivity contribution >= 4 is 12.2 Å². The highest BCUT2D eigenvalue weighted by atomic mass is 32.1. The lowest BCUT2D eigenvalue weighted by Crippen LogP contribution is -2.06. The topological polar surface area (TPSA) is 33.6 Å². The maximum atomic E-state index is 5.11. The van der Waals surface area contributed by atoms with E-state index in [0.717, 1.165) is 10.6 Å². The molecular weight excluding hydrogens is 194 g/mol. The van der Waals surface area contributed by atoms with Gasteiger partial charge >= 0.3 is 0 Å². The van der Waals surface area contributed by atoms with Gasteiger partial charge in [-0.1, -0.05) is 26.7 Å². The van der Waals surface area contributed by atoms with Gasteiger partial charge in [-0.3, -0.25) is 5.10 Å². The molecule has 0 aliphatic carbocycles. The number of aromatic amines is 1. The molecule has 0 aliphatic heterocycles. The van der Waals surface area contributed by atoms with Crippen LogP contribution in [0, 0.1) is 4.77 Å². The Kier molecular flexibility index (Phi) is 4.32. The molecule has 0 bridgehead atoms. The number of nitrogens with one attached hydrogen (secondary N) is 1. The standard InChI is InChI=1S/C10H19N3S/c1-4-6-8(7-5-2)9-11-12-10(14)13(9)3/h8H,4-7H2,1-3H3,(H,12,14). The maximum Gasteiger partial charge on any atom is 0.194 e. The summed E-state index contributed by atoms with van der Waals surface area (Å²) in [7, 11) is 1.99. The van der Waals surface area contributed by atoms with Crippen LogP contribution in [-0.4, -0.2) is 14.8 Å². The summed E-state index contributed by atoms with van der Waals surface area (Å²) >= 11 is 5.11. The summed E-state index contributed by atoms with van der Waals surface area (Å²) in [5, 5.41) is 7.15. The zero-order chi connectivity index (χ0) is 10.6. The Morgan fingerprint density at radius 2 is 1.93 bits per heavy atom. The van der Waals surface area contributed by atoms with E-state index in [0.29, 0.717) is 5.92 Å². The second-order valence-corrected chi connectivity index (χ2v) is 4.11. The van der Waals surface area contributed by atoms with Gasteiger partial charge in [0.2, 0.25) is 0 Å². The summed E-state index contributed by atoms with van der Waals surface area (Å²) in [6.45, 7) is 4.42. The minimum Gasteiger partial charge on any atom is -0.307 e. The number of hydrogen-bond acceptors (Lipinski definition) is 2. The van der Waals surface area contributed by atoms with Gasteiger partial charge in [0, 0.05) is 13.0 Å². The van der Waals surface area contributed by atoms with Crippen molar-refractivity contribution in [1.82, 2.24) is 14.8 Å². The molecule has 1 N–H and O–H groups in total. The van der Waals surface area contributed by atoms with Crippen molar-refractivity contribution < 1.29 is 0 Å². The molecule has 1 heterocycles. The molecule has 0 unspecified atom stereocenters. The predicted molar refractivity (Wildman–Crippen MR) is 60.9 cm³/mol. The largest absolute Gasteiger partial charge is 0.307 e. The van der Waals surface area contributed by atoms with Crippen LogP contribution in [0.15, 0.2) is 0 Å². The van der Waals surface area contributed by atoms with E-state index in [1.165, 1.54) is 25.7 Å². The van der Waals surface area contributed by atoms with Crippen LogP contribution in [0.4, 0.5) is 0 Å². The van der Waals surface area contributed by atoms with Gasteiger partial charge in [-0.05, 0) is 25.1 Å². The average molecular weight is 213 g/mol. The Morgan fingerprint density at radius 3 is 2.29 bits per heavy atom. The normalized spacial score (nSPS) is 11.1. The van der Waals surface area contributed by atoms with Crippen molar-refractivity contribution in [2.45, 2.75) is 45.4 Å². The number of H-pyrrole nitrogens is 1. The van der Waals surface area contributed by atoms with Gasteiger partial charge in [0.1, 0.15) is 5.82 Å². The van der Waals surface area contributed by atoms with Crippen LogP contribution in [0.1, 0.15) is 51.3 Å². The molecule has 0 saturated carbocycles. The van der Waals surface area contributed by atoms with Crippen LogP contribution in [0.3, 0.4) is 0 Å². The fourth-order valence-electron chi connectivity index (χ4n) is 1.82. The first-order valence-electron chi connectivity index (χ1n) is 5.32. The van der Waals surface area contributed by atoms with Gasteiger partial charge in [-0.15, -0.1) is 0 Å². The molecule has 1 aromatic rings. The van der Waals surface area contributed by atoms with Crippen molar-refractivity contribution in [2.75, 3.05) is 0 Å². The second kappa shape index (κ2) is 5.29. The van der Waals surface area contributed by atoms with E-state index >= 15 is 0 Å². The lowest BCUT2D eigenvalue weighted by Gasteiger charge is -2.13. The number of hydrogen-bond donors (Lipinski definition) is 1. The molecule has 0 fully saturated rings. The summed E-state index contributed by atoms with van der Waals surface area (Å²) in [5.74, 6) is 1.67. The first-order valence-corrected chi connectivity index (χ1v) is 5.72. The summed E-state index contributed by atoms with van der Waals surface area (Å²) < 4.78 is 2.71. The third-order valence-electron chi connectivity index (χ3n) is 2.55. The monoisotopic (exact) mass is 213 g/mol. The second-order valence-electron chi connectivity index (χ2n) is 3.72. The van der Waals surface area contributed by atoms with Crippen molar-refractivity contribution in [2.24, 2.45) is 7.05 Å². The lowest BCUT2D eigenvalue weighted by atomic mass is 9.97. The van der Waals surface area contributed by atoms with Crippen molar-refractivity contribution in [1.29, 1.82) is 0 Å². The highest BCUT2D eigenvalue weighted by Crippen LogP contribution is 2.23. The lowest BCUT2D eigenvalue weighted by molar-refractivity contribution is 0.516. The zero-order valence-corrected chi connectivity index (χ0v) is 10.0. The SMILES string of the molecule is CCCC(CCC)c1n[nH]c(=S)n1C. The smallest absolute Gasteiger partial charge is 0.194 e. The van der Waals surface area contributed by atoms with E-state index in [9.17, 15) is 0 Å². The molecule has 4 heteroatoms. The summed E-state index contributed by atoms with van der Waals surface area (Å²) in [4.78, 5) is 0. The van der Waals surface area contributed by atoms with Gasteiger partial charge in [0.15, 0.2) is 4.77 Å². The molecule has 1 aromatic heterocycles. The predicted octanol–water partition coefficient (Wildman–Crippen LogP) is 3.16. The van der Waals surface area contributed by atoms with E-state index in [-0.39, 0.29) is 0 Å².